The molecule has 0 spiro atoms. The van der Waals surface area contributed by atoms with E-state index >= 15 is 0 Å². The number of likely N-dealkylation sites (tertiary alicyclic amines) is 1. The lowest BCUT2D eigenvalue weighted by molar-refractivity contribution is -0.121. The van der Waals surface area contributed by atoms with Gasteiger partial charge in [-0.15, -0.1) is 0 Å². The van der Waals surface area contributed by atoms with E-state index in [1.165, 1.54) is 0 Å². The molecule has 6 nitrogen and oxygen atoms in total. The van der Waals surface area contributed by atoms with Gasteiger partial charge in [-0.2, -0.15) is 0 Å². The molecule has 2 aromatic carbocycles. The van der Waals surface area contributed by atoms with E-state index in [-0.39, 0.29) is 17.7 Å². The van der Waals surface area contributed by atoms with E-state index < -0.39 is 0 Å². The summed E-state index contributed by atoms with van der Waals surface area (Å²) in [5, 5.41) is 3.81. The molecule has 2 aliphatic heterocycles. The molecule has 2 aliphatic rings. The second-order valence-corrected chi connectivity index (χ2v) is 9.11. The molecule has 0 aromatic heterocycles. The van der Waals surface area contributed by atoms with Crippen molar-refractivity contribution in [1.82, 2.24) is 9.80 Å². The molecular formula is C24H27Cl2N3O3. The van der Waals surface area contributed by atoms with Gasteiger partial charge in [-0.25, -0.2) is 0 Å². The highest BCUT2D eigenvalue weighted by Gasteiger charge is 2.29. The zero-order chi connectivity index (χ0) is 22.5. The highest BCUT2D eigenvalue weighted by molar-refractivity contribution is 6.42. The van der Waals surface area contributed by atoms with Crippen LogP contribution in [0.3, 0.4) is 0 Å². The summed E-state index contributed by atoms with van der Waals surface area (Å²) in [6, 6.07) is 12.8. The number of hydrogen-bond acceptors (Lipinski definition) is 4. The maximum Gasteiger partial charge on any atom is 0.253 e. The lowest BCUT2D eigenvalue weighted by Gasteiger charge is -2.32. The van der Waals surface area contributed by atoms with E-state index in [9.17, 15) is 9.59 Å². The number of amides is 2. The van der Waals surface area contributed by atoms with Crippen LogP contribution in [0, 0.1) is 5.92 Å². The van der Waals surface area contributed by atoms with Crippen LogP contribution in [0.15, 0.2) is 42.5 Å². The van der Waals surface area contributed by atoms with Gasteiger partial charge in [0.25, 0.3) is 5.91 Å². The zero-order valence-electron chi connectivity index (χ0n) is 17.9. The normalized spacial score (nSPS) is 19.6. The Bertz CT molecular complexity index is 979. The van der Waals surface area contributed by atoms with Crippen molar-refractivity contribution in [1.29, 1.82) is 0 Å². The van der Waals surface area contributed by atoms with Gasteiger partial charge in [-0.3, -0.25) is 14.5 Å². The summed E-state index contributed by atoms with van der Waals surface area (Å²) in [6.07, 6.45) is 1.53. The third kappa shape index (κ3) is 5.81. The molecule has 0 aliphatic carbocycles. The van der Waals surface area contributed by atoms with Crippen LogP contribution in [-0.4, -0.2) is 61.0 Å². The van der Waals surface area contributed by atoms with E-state index in [2.05, 4.69) is 16.3 Å². The number of morpholine rings is 1. The number of benzene rings is 2. The minimum atomic E-state index is -0.252. The Kier molecular flexibility index (Phi) is 7.68. The SMILES string of the molecule is O=C(Nc1cccc(CN2CCOCC2)c1)C1CCCN(C(=O)c2ccc(Cl)c(Cl)c2)C1. The van der Waals surface area contributed by atoms with Gasteiger partial charge in [-0.1, -0.05) is 35.3 Å². The molecule has 170 valence electrons. The standard InChI is InChI=1S/C24H27Cl2N3O3/c25-21-7-6-18(14-22(21)26)24(31)29-8-2-4-19(16-29)23(30)27-20-5-1-3-17(13-20)15-28-9-11-32-12-10-28/h1,3,5-7,13-14,19H,2,4,8-12,15-16H2,(H,27,30). The first-order valence-electron chi connectivity index (χ1n) is 10.9. The molecule has 32 heavy (non-hydrogen) atoms. The number of ether oxygens (including phenoxy) is 1. The summed E-state index contributed by atoms with van der Waals surface area (Å²) in [5.74, 6) is -0.438. The number of carbonyl (C=O) groups is 2. The monoisotopic (exact) mass is 475 g/mol. The Morgan fingerprint density at radius 2 is 1.84 bits per heavy atom. The summed E-state index contributed by atoms with van der Waals surface area (Å²) in [6.45, 7) is 5.20. The molecule has 8 heteroatoms. The molecule has 1 N–H and O–H groups in total. The van der Waals surface area contributed by atoms with Gasteiger partial charge in [0.15, 0.2) is 0 Å². The van der Waals surface area contributed by atoms with Crippen molar-refractivity contribution in [3.05, 3.63) is 63.6 Å². The second kappa shape index (κ2) is 10.7. The van der Waals surface area contributed by atoms with Crippen LogP contribution in [0.2, 0.25) is 10.0 Å². The van der Waals surface area contributed by atoms with E-state index in [0.717, 1.165) is 56.9 Å². The summed E-state index contributed by atoms with van der Waals surface area (Å²) >= 11 is 12.0. The van der Waals surface area contributed by atoms with Gasteiger partial charge in [0, 0.05) is 44.0 Å². The molecule has 1 atom stereocenters. The van der Waals surface area contributed by atoms with Gasteiger partial charge < -0.3 is 15.0 Å². The van der Waals surface area contributed by atoms with Crippen LogP contribution < -0.4 is 5.32 Å². The predicted octanol–water partition coefficient (Wildman–Crippen LogP) is 4.32. The third-order valence-corrected chi connectivity index (χ3v) is 6.69. The van der Waals surface area contributed by atoms with Crippen LogP contribution in [0.25, 0.3) is 0 Å². The summed E-state index contributed by atoms with van der Waals surface area (Å²) in [7, 11) is 0. The summed E-state index contributed by atoms with van der Waals surface area (Å²) in [5.41, 5.74) is 2.43. The number of rotatable bonds is 5. The Morgan fingerprint density at radius 3 is 2.62 bits per heavy atom. The molecule has 2 amide bonds. The number of hydrogen-bond donors (Lipinski definition) is 1. The first-order valence-corrected chi connectivity index (χ1v) is 11.7. The number of halogens is 2. The van der Waals surface area contributed by atoms with Crippen molar-refractivity contribution in [3.8, 4) is 0 Å². The van der Waals surface area contributed by atoms with Crippen molar-refractivity contribution in [3.63, 3.8) is 0 Å². The summed E-state index contributed by atoms with van der Waals surface area (Å²) < 4.78 is 5.41. The van der Waals surface area contributed by atoms with Crippen molar-refractivity contribution in [2.24, 2.45) is 5.92 Å². The van der Waals surface area contributed by atoms with Crippen LogP contribution in [-0.2, 0) is 16.1 Å². The lowest BCUT2D eigenvalue weighted by Crippen LogP contribution is -2.43. The van der Waals surface area contributed by atoms with Crippen LogP contribution in [0.4, 0.5) is 5.69 Å². The Hall–Kier alpha value is -2.12. The second-order valence-electron chi connectivity index (χ2n) is 8.30. The Balaban J connectivity index is 1.36. The minimum absolute atomic E-state index is 0.0554. The minimum Gasteiger partial charge on any atom is -0.379 e. The molecule has 2 fully saturated rings. The molecule has 1 unspecified atom stereocenters. The predicted molar refractivity (Wildman–Crippen MR) is 126 cm³/mol. The fourth-order valence-electron chi connectivity index (χ4n) is 4.20. The maximum absolute atomic E-state index is 13.0. The number of anilines is 1. The van der Waals surface area contributed by atoms with Crippen molar-refractivity contribution in [2.45, 2.75) is 19.4 Å². The first kappa shape index (κ1) is 23.1. The maximum atomic E-state index is 13.0. The molecule has 0 saturated carbocycles. The lowest BCUT2D eigenvalue weighted by atomic mass is 9.96. The number of carbonyl (C=O) groups excluding carboxylic acids is 2. The van der Waals surface area contributed by atoms with Gasteiger partial charge in [0.05, 0.1) is 29.2 Å². The molecule has 4 rings (SSSR count). The first-order chi connectivity index (χ1) is 15.5. The van der Waals surface area contributed by atoms with Gasteiger partial charge in [-0.05, 0) is 48.7 Å². The third-order valence-electron chi connectivity index (χ3n) is 5.95. The highest BCUT2D eigenvalue weighted by atomic mass is 35.5. The fourth-order valence-corrected chi connectivity index (χ4v) is 4.49. The molecule has 2 saturated heterocycles. The quantitative estimate of drug-likeness (QED) is 0.699. The highest BCUT2D eigenvalue weighted by Crippen LogP contribution is 2.25. The Labute approximate surface area is 198 Å². The van der Waals surface area contributed by atoms with E-state index in [1.54, 1.807) is 23.1 Å². The van der Waals surface area contributed by atoms with Crippen LogP contribution in [0.5, 0.6) is 0 Å². The zero-order valence-corrected chi connectivity index (χ0v) is 19.4. The van der Waals surface area contributed by atoms with Gasteiger partial charge in [0.2, 0.25) is 5.91 Å². The topological polar surface area (TPSA) is 61.9 Å². The smallest absolute Gasteiger partial charge is 0.253 e. The molecular weight excluding hydrogens is 449 g/mol. The molecule has 0 radical (unpaired) electrons. The van der Waals surface area contributed by atoms with Crippen molar-refractivity contribution in [2.75, 3.05) is 44.7 Å². The molecule has 0 bridgehead atoms. The van der Waals surface area contributed by atoms with Gasteiger partial charge in [0.1, 0.15) is 0 Å². The van der Waals surface area contributed by atoms with Gasteiger partial charge >= 0.3 is 0 Å². The average molecular weight is 476 g/mol. The van der Waals surface area contributed by atoms with Crippen molar-refractivity contribution >= 4 is 40.7 Å². The Morgan fingerprint density at radius 1 is 1.03 bits per heavy atom. The molecule has 2 aromatic rings. The summed E-state index contributed by atoms with van der Waals surface area (Å²) in [4.78, 5) is 29.9. The average Bonchev–Trinajstić information content (AvgIpc) is 2.81. The van der Waals surface area contributed by atoms with Crippen LogP contribution in [0.1, 0.15) is 28.8 Å². The number of nitrogens with zero attached hydrogens (tertiary/aromatic N) is 2. The molecule has 2 heterocycles. The van der Waals surface area contributed by atoms with Crippen molar-refractivity contribution < 1.29 is 14.3 Å². The van der Waals surface area contributed by atoms with E-state index in [4.69, 9.17) is 27.9 Å². The van der Waals surface area contributed by atoms with Crippen LogP contribution >= 0.6 is 23.2 Å². The number of nitrogens with one attached hydrogen (secondary N) is 1. The van der Waals surface area contributed by atoms with E-state index in [1.807, 2.05) is 18.2 Å². The number of piperidine rings is 1. The fraction of sp³-hybridized carbons (Fsp3) is 0.417. The van der Waals surface area contributed by atoms with E-state index in [0.29, 0.717) is 28.7 Å². The largest absolute Gasteiger partial charge is 0.379 e.